The van der Waals surface area contributed by atoms with E-state index in [1.54, 1.807) is 0 Å². The minimum absolute atomic E-state index is 0.661. The molecule has 0 aliphatic heterocycles. The Hall–Kier alpha value is -2.49. The zero-order valence-electron chi connectivity index (χ0n) is 10.1. The standard InChI is InChI=1S/C15H11NO3/c17-15(18)16-13-11-7-3-1-5-9(11)10-6-2-4-8-12(10)14(13)19-16/h1,3,5-8H,2,4H2,(H,17,18). The fourth-order valence-electron chi connectivity index (χ4n) is 2.85. The van der Waals surface area contributed by atoms with Gasteiger partial charge in [0.2, 0.25) is 0 Å². The molecule has 0 saturated heterocycles. The van der Waals surface area contributed by atoms with Gasteiger partial charge in [-0.05, 0) is 23.4 Å². The van der Waals surface area contributed by atoms with Crippen LogP contribution in [0.1, 0.15) is 12.8 Å². The van der Waals surface area contributed by atoms with E-state index < -0.39 is 6.09 Å². The number of nitrogens with zero attached hydrogens (tertiary/aromatic N) is 1. The minimum atomic E-state index is -1.09. The van der Waals surface area contributed by atoms with Gasteiger partial charge in [-0.15, -0.1) is 4.74 Å². The number of carboxylic acid groups (broad SMARTS) is 1. The molecule has 0 fully saturated rings. The number of benzene rings is 2. The zero-order valence-corrected chi connectivity index (χ0v) is 10.1. The lowest BCUT2D eigenvalue weighted by molar-refractivity contribution is 0.163. The first-order valence-corrected chi connectivity index (χ1v) is 6.23. The Balaban J connectivity index is 2.33. The molecule has 0 amide bonds. The highest BCUT2D eigenvalue weighted by atomic mass is 16.6. The molecular weight excluding hydrogens is 242 g/mol. The molecule has 2 aromatic carbocycles. The molecular formula is C15H11NO3. The molecule has 94 valence electrons. The summed E-state index contributed by atoms with van der Waals surface area (Å²) in [5.41, 5.74) is 1.35. The molecule has 0 unspecified atom stereocenters. The third kappa shape index (κ3) is 1.25. The van der Waals surface area contributed by atoms with Crippen molar-refractivity contribution in [2.75, 3.05) is 0 Å². The molecule has 1 aliphatic carbocycles. The molecule has 0 radical (unpaired) electrons. The van der Waals surface area contributed by atoms with Crippen molar-refractivity contribution in [2.45, 2.75) is 12.8 Å². The van der Waals surface area contributed by atoms with Gasteiger partial charge in [0.05, 0.1) is 0 Å². The van der Waals surface area contributed by atoms with E-state index >= 15 is 0 Å². The van der Waals surface area contributed by atoms with Gasteiger partial charge in [0, 0.05) is 10.6 Å². The van der Waals surface area contributed by atoms with Gasteiger partial charge in [0.1, 0.15) is 5.52 Å². The largest absolute Gasteiger partial charge is 0.463 e. The highest BCUT2D eigenvalue weighted by Crippen LogP contribution is 2.24. The van der Waals surface area contributed by atoms with Gasteiger partial charge in [-0.2, -0.15) is 0 Å². The van der Waals surface area contributed by atoms with E-state index in [1.807, 2.05) is 24.3 Å². The summed E-state index contributed by atoms with van der Waals surface area (Å²) in [4.78, 5) is 11.1. The molecule has 3 aromatic rings. The van der Waals surface area contributed by atoms with Crippen LogP contribution < -0.4 is 10.4 Å². The molecule has 4 nitrogen and oxygen atoms in total. The average molecular weight is 253 g/mol. The van der Waals surface area contributed by atoms with E-state index in [0.29, 0.717) is 11.1 Å². The summed E-state index contributed by atoms with van der Waals surface area (Å²) in [7, 11) is 0. The average Bonchev–Trinajstić information content (AvgIpc) is 2.38. The van der Waals surface area contributed by atoms with Crippen molar-refractivity contribution in [1.82, 2.24) is 4.74 Å². The molecule has 0 spiro atoms. The smallest absolute Gasteiger partial charge is 0.445 e. The lowest BCUT2D eigenvalue weighted by atomic mass is 9.99. The minimum Gasteiger partial charge on any atom is -0.463 e. The lowest BCUT2D eigenvalue weighted by Gasteiger charge is -2.15. The number of hydrogen-bond acceptors (Lipinski definition) is 2. The number of carbonyl (C=O) groups is 1. The molecule has 4 heteroatoms. The Morgan fingerprint density at radius 2 is 1.79 bits per heavy atom. The maximum Gasteiger partial charge on any atom is 0.445 e. The van der Waals surface area contributed by atoms with Crippen molar-refractivity contribution < 1.29 is 14.4 Å². The van der Waals surface area contributed by atoms with Gasteiger partial charge in [0.25, 0.3) is 0 Å². The van der Waals surface area contributed by atoms with Gasteiger partial charge < -0.3 is 9.63 Å². The van der Waals surface area contributed by atoms with Crippen LogP contribution in [0, 0.1) is 0 Å². The van der Waals surface area contributed by atoms with E-state index in [2.05, 4.69) is 12.2 Å². The molecule has 0 atom stereocenters. The van der Waals surface area contributed by atoms with Gasteiger partial charge in [-0.25, -0.2) is 4.79 Å². The second kappa shape index (κ2) is 3.51. The zero-order chi connectivity index (χ0) is 13.0. The first-order valence-electron chi connectivity index (χ1n) is 6.23. The van der Waals surface area contributed by atoms with E-state index in [4.69, 9.17) is 9.63 Å². The molecule has 0 saturated carbocycles. The predicted octanol–water partition coefficient (Wildman–Crippen LogP) is 2.27. The highest BCUT2D eigenvalue weighted by molar-refractivity contribution is 6.07. The predicted molar refractivity (Wildman–Crippen MR) is 72.5 cm³/mol. The van der Waals surface area contributed by atoms with Crippen LogP contribution in [0.15, 0.2) is 28.8 Å². The Kier molecular flexibility index (Phi) is 1.93. The Morgan fingerprint density at radius 1 is 1.11 bits per heavy atom. The van der Waals surface area contributed by atoms with E-state index in [0.717, 1.165) is 38.8 Å². The molecule has 1 heterocycles. The van der Waals surface area contributed by atoms with E-state index in [-0.39, 0.29) is 0 Å². The van der Waals surface area contributed by atoms with Crippen LogP contribution in [0.25, 0.3) is 34.0 Å². The van der Waals surface area contributed by atoms with Gasteiger partial charge in [-0.1, -0.05) is 36.4 Å². The van der Waals surface area contributed by atoms with E-state index in [1.165, 1.54) is 0 Å². The Labute approximate surface area is 107 Å². The van der Waals surface area contributed by atoms with Crippen molar-refractivity contribution in [3.05, 3.63) is 34.7 Å². The van der Waals surface area contributed by atoms with Gasteiger partial charge >= 0.3 is 6.09 Å². The summed E-state index contributed by atoms with van der Waals surface area (Å²) in [5.74, 6) is 0. The SMILES string of the molecule is O=C(O)n1oc2c3c(c4ccccc4c21)=CCCC=3. The third-order valence-electron chi connectivity index (χ3n) is 3.65. The summed E-state index contributed by atoms with van der Waals surface area (Å²) < 4.78 is 6.28. The number of rotatable bonds is 0. The summed E-state index contributed by atoms with van der Waals surface area (Å²) in [6.45, 7) is 0. The first kappa shape index (κ1) is 10.4. The summed E-state index contributed by atoms with van der Waals surface area (Å²) in [6, 6.07) is 7.86. The quantitative estimate of drug-likeness (QED) is 0.668. The number of aromatic nitrogens is 1. The summed E-state index contributed by atoms with van der Waals surface area (Å²) in [5, 5.41) is 13.3. The van der Waals surface area contributed by atoms with E-state index in [9.17, 15) is 4.79 Å². The second-order valence-electron chi connectivity index (χ2n) is 4.70. The van der Waals surface area contributed by atoms with Crippen molar-refractivity contribution >= 4 is 40.1 Å². The van der Waals surface area contributed by atoms with Crippen LogP contribution in [0.2, 0.25) is 0 Å². The number of fused-ring (bicyclic) bond motifs is 6. The van der Waals surface area contributed by atoms with Crippen LogP contribution in [-0.4, -0.2) is 15.9 Å². The molecule has 0 bridgehead atoms. The van der Waals surface area contributed by atoms with Crippen LogP contribution in [0.3, 0.4) is 0 Å². The Bertz CT molecular complexity index is 943. The normalized spacial score (nSPS) is 14.1. The van der Waals surface area contributed by atoms with Gasteiger partial charge in [0.15, 0.2) is 5.58 Å². The molecule has 1 N–H and O–H groups in total. The van der Waals surface area contributed by atoms with Crippen molar-refractivity contribution in [2.24, 2.45) is 0 Å². The lowest BCUT2D eigenvalue weighted by Crippen LogP contribution is -2.32. The van der Waals surface area contributed by atoms with Crippen molar-refractivity contribution in [3.8, 4) is 0 Å². The first-order chi connectivity index (χ1) is 9.27. The molecule has 4 rings (SSSR count). The van der Waals surface area contributed by atoms with Crippen LogP contribution >= 0.6 is 0 Å². The molecule has 1 aliphatic rings. The van der Waals surface area contributed by atoms with Crippen LogP contribution in [-0.2, 0) is 0 Å². The number of hydrogen-bond donors (Lipinski definition) is 1. The van der Waals surface area contributed by atoms with Crippen LogP contribution in [0.5, 0.6) is 0 Å². The van der Waals surface area contributed by atoms with Gasteiger partial charge in [-0.3, -0.25) is 0 Å². The maximum absolute atomic E-state index is 11.1. The topological polar surface area (TPSA) is 55.4 Å². The second-order valence-corrected chi connectivity index (χ2v) is 4.70. The molecule has 1 aromatic heterocycles. The van der Waals surface area contributed by atoms with Crippen LogP contribution in [0.4, 0.5) is 4.79 Å². The Morgan fingerprint density at radius 3 is 2.53 bits per heavy atom. The monoisotopic (exact) mass is 253 g/mol. The summed E-state index contributed by atoms with van der Waals surface area (Å²) in [6.07, 6.45) is 5.22. The maximum atomic E-state index is 11.1. The fraction of sp³-hybridized carbons (Fsp3) is 0.133. The van der Waals surface area contributed by atoms with Crippen molar-refractivity contribution in [3.63, 3.8) is 0 Å². The summed E-state index contributed by atoms with van der Waals surface area (Å²) >= 11 is 0. The van der Waals surface area contributed by atoms with Crippen molar-refractivity contribution in [1.29, 1.82) is 0 Å². The highest BCUT2D eigenvalue weighted by Gasteiger charge is 2.20. The molecule has 19 heavy (non-hydrogen) atoms. The third-order valence-corrected chi connectivity index (χ3v) is 3.65. The fourth-order valence-corrected chi connectivity index (χ4v) is 2.85.